The van der Waals surface area contributed by atoms with Gasteiger partial charge in [-0.2, -0.15) is 13.2 Å². The van der Waals surface area contributed by atoms with Crippen LogP contribution >= 0.6 is 0 Å². The zero-order valence-electron chi connectivity index (χ0n) is 12.6. The van der Waals surface area contributed by atoms with E-state index in [1.54, 1.807) is 24.3 Å². The number of ketones is 1. The van der Waals surface area contributed by atoms with Crippen molar-refractivity contribution >= 4 is 17.2 Å². The minimum absolute atomic E-state index is 0.145. The van der Waals surface area contributed by atoms with Gasteiger partial charge in [0.2, 0.25) is 0 Å². The first-order chi connectivity index (χ1) is 11.2. The molecule has 0 amide bonds. The SMILES string of the molecule is Cc1ccc(C(=O)CNc2ccc(C(F)(F)F)cc2[N+](=O)[O-])cc1. The summed E-state index contributed by atoms with van der Waals surface area (Å²) in [5.41, 5.74) is -0.625. The summed E-state index contributed by atoms with van der Waals surface area (Å²) in [7, 11) is 0. The first-order valence-corrected chi connectivity index (χ1v) is 6.88. The van der Waals surface area contributed by atoms with Crippen molar-refractivity contribution in [2.75, 3.05) is 11.9 Å². The van der Waals surface area contributed by atoms with Crippen LogP contribution in [-0.2, 0) is 6.18 Å². The predicted octanol–water partition coefficient (Wildman–Crippen LogP) is 4.22. The van der Waals surface area contributed by atoms with Crippen LogP contribution in [0.15, 0.2) is 42.5 Å². The number of hydrogen-bond donors (Lipinski definition) is 1. The van der Waals surface area contributed by atoms with Crippen LogP contribution < -0.4 is 5.32 Å². The molecular formula is C16H13F3N2O3. The van der Waals surface area contributed by atoms with E-state index in [0.29, 0.717) is 11.6 Å². The Balaban J connectivity index is 2.18. The normalized spacial score (nSPS) is 11.2. The minimum atomic E-state index is -4.68. The molecule has 0 saturated heterocycles. The Morgan fingerprint density at radius 2 is 1.79 bits per heavy atom. The lowest BCUT2D eigenvalue weighted by Gasteiger charge is -2.10. The van der Waals surface area contributed by atoms with Crippen molar-refractivity contribution in [2.24, 2.45) is 0 Å². The minimum Gasteiger partial charge on any atom is -0.372 e. The average Bonchev–Trinajstić information content (AvgIpc) is 2.52. The van der Waals surface area contributed by atoms with E-state index in [2.05, 4.69) is 5.32 Å². The monoisotopic (exact) mass is 338 g/mol. The number of nitrogens with one attached hydrogen (secondary N) is 1. The quantitative estimate of drug-likeness (QED) is 0.503. The molecule has 5 nitrogen and oxygen atoms in total. The summed E-state index contributed by atoms with van der Waals surface area (Å²) in [5, 5.41) is 13.5. The maximum absolute atomic E-state index is 12.6. The summed E-state index contributed by atoms with van der Waals surface area (Å²) >= 11 is 0. The standard InChI is InChI=1S/C16H13F3N2O3/c1-10-2-4-11(5-3-10)15(22)9-20-13-7-6-12(16(17,18)19)8-14(13)21(23)24/h2-8,20H,9H2,1H3. The van der Waals surface area contributed by atoms with Gasteiger partial charge in [-0.1, -0.05) is 29.8 Å². The van der Waals surface area contributed by atoms with Crippen LogP contribution in [0.5, 0.6) is 0 Å². The number of halogens is 3. The maximum atomic E-state index is 12.6. The maximum Gasteiger partial charge on any atom is 0.416 e. The van der Waals surface area contributed by atoms with Gasteiger partial charge in [0.05, 0.1) is 17.0 Å². The van der Waals surface area contributed by atoms with Gasteiger partial charge in [0.15, 0.2) is 5.78 Å². The van der Waals surface area contributed by atoms with Crippen molar-refractivity contribution in [3.05, 3.63) is 69.3 Å². The van der Waals surface area contributed by atoms with Crippen LogP contribution in [0.4, 0.5) is 24.5 Å². The number of nitrogens with zero attached hydrogens (tertiary/aromatic N) is 1. The van der Waals surface area contributed by atoms with Crippen LogP contribution in [0.3, 0.4) is 0 Å². The van der Waals surface area contributed by atoms with Gasteiger partial charge < -0.3 is 5.32 Å². The van der Waals surface area contributed by atoms with Gasteiger partial charge in [-0.25, -0.2) is 0 Å². The molecule has 0 spiro atoms. The molecule has 0 unspecified atom stereocenters. The fraction of sp³-hybridized carbons (Fsp3) is 0.188. The summed E-state index contributed by atoms with van der Waals surface area (Å²) in [6, 6.07) is 8.83. The summed E-state index contributed by atoms with van der Waals surface area (Å²) in [6.45, 7) is 1.59. The van der Waals surface area contributed by atoms with Gasteiger partial charge >= 0.3 is 6.18 Å². The van der Waals surface area contributed by atoms with Crippen molar-refractivity contribution in [3.63, 3.8) is 0 Å². The summed E-state index contributed by atoms with van der Waals surface area (Å²) in [4.78, 5) is 22.1. The highest BCUT2D eigenvalue weighted by molar-refractivity contribution is 5.99. The number of nitro groups is 1. The number of alkyl halides is 3. The third-order valence-corrected chi connectivity index (χ3v) is 3.33. The number of carbonyl (C=O) groups is 1. The molecule has 2 rings (SSSR count). The molecule has 0 radical (unpaired) electrons. The molecule has 126 valence electrons. The molecule has 0 aliphatic rings. The molecule has 8 heteroatoms. The highest BCUT2D eigenvalue weighted by atomic mass is 19.4. The second-order valence-corrected chi connectivity index (χ2v) is 5.13. The molecule has 0 atom stereocenters. The van der Waals surface area contributed by atoms with E-state index in [9.17, 15) is 28.1 Å². The number of rotatable bonds is 5. The van der Waals surface area contributed by atoms with Crippen LogP contribution in [0.1, 0.15) is 21.5 Å². The summed E-state index contributed by atoms with van der Waals surface area (Å²) < 4.78 is 37.9. The second-order valence-electron chi connectivity index (χ2n) is 5.13. The molecule has 2 aromatic rings. The van der Waals surface area contributed by atoms with Crippen molar-refractivity contribution < 1.29 is 22.9 Å². The van der Waals surface area contributed by atoms with E-state index in [0.717, 1.165) is 17.7 Å². The average molecular weight is 338 g/mol. The third-order valence-electron chi connectivity index (χ3n) is 3.33. The molecule has 0 bridgehead atoms. The van der Waals surface area contributed by atoms with E-state index in [-0.39, 0.29) is 18.0 Å². The third kappa shape index (κ3) is 4.09. The zero-order chi connectivity index (χ0) is 17.9. The lowest BCUT2D eigenvalue weighted by atomic mass is 10.1. The Morgan fingerprint density at radius 3 is 2.33 bits per heavy atom. The van der Waals surface area contributed by atoms with Crippen molar-refractivity contribution in [1.29, 1.82) is 0 Å². The van der Waals surface area contributed by atoms with Gasteiger partial charge in [0.1, 0.15) is 5.69 Å². The Bertz CT molecular complexity index is 771. The molecule has 0 heterocycles. The fourth-order valence-electron chi connectivity index (χ4n) is 2.03. The molecule has 0 fully saturated rings. The van der Waals surface area contributed by atoms with Gasteiger partial charge in [-0.05, 0) is 19.1 Å². The van der Waals surface area contributed by atoms with Crippen LogP contribution in [-0.4, -0.2) is 17.3 Å². The Morgan fingerprint density at radius 1 is 1.17 bits per heavy atom. The number of anilines is 1. The highest BCUT2D eigenvalue weighted by Gasteiger charge is 2.33. The first-order valence-electron chi connectivity index (χ1n) is 6.88. The van der Waals surface area contributed by atoms with Gasteiger partial charge in [-0.15, -0.1) is 0 Å². The van der Waals surface area contributed by atoms with E-state index in [4.69, 9.17) is 0 Å². The summed E-state index contributed by atoms with van der Waals surface area (Å²) in [6.07, 6.45) is -4.68. The number of nitro benzene ring substituents is 1. The largest absolute Gasteiger partial charge is 0.416 e. The lowest BCUT2D eigenvalue weighted by molar-refractivity contribution is -0.384. The highest BCUT2D eigenvalue weighted by Crippen LogP contribution is 2.34. The molecule has 0 aliphatic heterocycles. The Hall–Kier alpha value is -2.90. The second kappa shape index (κ2) is 6.69. The predicted molar refractivity (Wildman–Crippen MR) is 82.1 cm³/mol. The summed E-state index contributed by atoms with van der Waals surface area (Å²) in [5.74, 6) is -0.329. The number of carbonyl (C=O) groups excluding carboxylic acids is 1. The molecule has 24 heavy (non-hydrogen) atoms. The topological polar surface area (TPSA) is 72.2 Å². The number of Topliss-reactive ketones (excluding diaryl/α,β-unsaturated/α-hetero) is 1. The first kappa shape index (κ1) is 17.5. The van der Waals surface area contributed by atoms with Crippen molar-refractivity contribution in [1.82, 2.24) is 0 Å². The lowest BCUT2D eigenvalue weighted by Crippen LogP contribution is -2.15. The zero-order valence-corrected chi connectivity index (χ0v) is 12.6. The van der Waals surface area contributed by atoms with Gasteiger partial charge in [0.25, 0.3) is 5.69 Å². The molecule has 0 aliphatic carbocycles. The van der Waals surface area contributed by atoms with E-state index in [1.165, 1.54) is 0 Å². The Kier molecular flexibility index (Phi) is 4.87. The van der Waals surface area contributed by atoms with Gasteiger partial charge in [-0.3, -0.25) is 14.9 Å². The molecular weight excluding hydrogens is 325 g/mol. The fourth-order valence-corrected chi connectivity index (χ4v) is 2.03. The van der Waals surface area contributed by atoms with Crippen molar-refractivity contribution in [2.45, 2.75) is 13.1 Å². The molecule has 0 saturated carbocycles. The van der Waals surface area contributed by atoms with Crippen LogP contribution in [0.25, 0.3) is 0 Å². The van der Waals surface area contributed by atoms with Crippen molar-refractivity contribution in [3.8, 4) is 0 Å². The van der Waals surface area contributed by atoms with Crippen LogP contribution in [0, 0.1) is 17.0 Å². The molecule has 1 N–H and O–H groups in total. The van der Waals surface area contributed by atoms with E-state index >= 15 is 0 Å². The number of hydrogen-bond acceptors (Lipinski definition) is 4. The van der Waals surface area contributed by atoms with E-state index < -0.39 is 22.4 Å². The number of benzene rings is 2. The Labute approximate surface area is 135 Å². The van der Waals surface area contributed by atoms with Gasteiger partial charge in [0, 0.05) is 11.6 Å². The van der Waals surface area contributed by atoms with Crippen LogP contribution in [0.2, 0.25) is 0 Å². The smallest absolute Gasteiger partial charge is 0.372 e. The molecule has 2 aromatic carbocycles. The molecule has 0 aromatic heterocycles. The van der Waals surface area contributed by atoms with E-state index in [1.807, 2.05) is 6.92 Å². The number of aryl methyl sites for hydroxylation is 1.